The number of hydrogen-bond donors (Lipinski definition) is 1. The number of benzene rings is 6. The largest absolute Gasteiger partial charge is 0.310 e. The van der Waals surface area contributed by atoms with E-state index in [4.69, 9.17) is 12.6 Å². The molecular weight excluding hydrogens is 733 g/mol. The summed E-state index contributed by atoms with van der Waals surface area (Å²) in [5, 5.41) is 2.34. The van der Waals surface area contributed by atoms with Crippen molar-refractivity contribution in [1.82, 2.24) is 0 Å². The van der Waals surface area contributed by atoms with Crippen molar-refractivity contribution in [2.24, 2.45) is 5.92 Å². The van der Waals surface area contributed by atoms with E-state index in [0.717, 1.165) is 64.2 Å². The minimum Gasteiger partial charge on any atom is -0.310 e. The number of thiol groups is 1. The van der Waals surface area contributed by atoms with E-state index in [0.29, 0.717) is 11.7 Å². The fourth-order valence-electron chi connectivity index (χ4n) is 7.43. The molecule has 0 aromatic heterocycles. The molecule has 0 fully saturated rings. The van der Waals surface area contributed by atoms with E-state index in [-0.39, 0.29) is 0 Å². The van der Waals surface area contributed by atoms with Gasteiger partial charge in [-0.1, -0.05) is 180 Å². The van der Waals surface area contributed by atoms with Crippen LogP contribution in [0.1, 0.15) is 64.2 Å². The van der Waals surface area contributed by atoms with Crippen LogP contribution in [0.3, 0.4) is 0 Å². The smallest absolute Gasteiger partial charge is 0.0617 e. The molecule has 1 atom stereocenters. The van der Waals surface area contributed by atoms with Crippen molar-refractivity contribution in [3.8, 4) is 0 Å². The summed E-state index contributed by atoms with van der Waals surface area (Å²) in [5.41, 5.74) is 11.5. The lowest BCUT2D eigenvalue weighted by Crippen LogP contribution is -2.17. The summed E-state index contributed by atoms with van der Waals surface area (Å²) in [6, 6.07) is 50.0. The second-order valence-corrected chi connectivity index (χ2v) is 13.9. The van der Waals surface area contributed by atoms with E-state index in [1.165, 1.54) is 22.2 Å². The molecule has 300 valence electrons. The molecule has 0 aliphatic heterocycles. The molecule has 0 saturated carbocycles. The zero-order chi connectivity index (χ0) is 41.8. The molecule has 0 amide bonds. The molecule has 7 rings (SSSR count). The van der Waals surface area contributed by atoms with Crippen LogP contribution in [0, 0.1) is 5.92 Å². The minimum atomic E-state index is 0.309. The maximum Gasteiger partial charge on any atom is 0.0617 e. The topological polar surface area (TPSA) is 6.48 Å². The first-order valence-electron chi connectivity index (χ1n) is 21.2. The number of allylic oxidation sites excluding steroid dienone is 9. The van der Waals surface area contributed by atoms with Crippen molar-refractivity contribution in [3.63, 3.8) is 0 Å². The van der Waals surface area contributed by atoms with Crippen LogP contribution in [-0.2, 0) is 6.42 Å². The molecule has 1 aliphatic carbocycles. The Labute approximate surface area is 360 Å². The summed E-state index contributed by atoms with van der Waals surface area (Å²) < 4.78 is 0. The number of fused-ring (bicyclic) bond motifs is 2. The summed E-state index contributed by atoms with van der Waals surface area (Å²) in [4.78, 5) is 4.87. The monoisotopic (exact) mass is 792 g/mol. The Morgan fingerprint density at radius 2 is 1.19 bits per heavy atom. The van der Waals surface area contributed by atoms with E-state index in [1.54, 1.807) is 0 Å². The van der Waals surface area contributed by atoms with E-state index >= 15 is 0 Å². The third-order valence-corrected chi connectivity index (χ3v) is 10.3. The van der Waals surface area contributed by atoms with Crippen molar-refractivity contribution >= 4 is 69.2 Å². The van der Waals surface area contributed by atoms with Gasteiger partial charge in [0.25, 0.3) is 0 Å². The van der Waals surface area contributed by atoms with Gasteiger partial charge in [-0.15, -0.1) is 6.58 Å². The third-order valence-electron chi connectivity index (χ3n) is 9.99. The van der Waals surface area contributed by atoms with Crippen LogP contribution >= 0.6 is 12.6 Å². The normalized spacial score (nSPS) is 12.5. The van der Waals surface area contributed by atoms with E-state index < -0.39 is 0 Å². The van der Waals surface area contributed by atoms with Gasteiger partial charge >= 0.3 is 0 Å². The highest BCUT2D eigenvalue weighted by atomic mass is 32.1. The fraction of sp³-hybridized carbons (Fsp3) is 0.179. The van der Waals surface area contributed by atoms with Gasteiger partial charge in [0.1, 0.15) is 0 Å². The van der Waals surface area contributed by atoms with Gasteiger partial charge in [-0.3, -0.25) is 0 Å². The Balaban J connectivity index is 0.00000160. The van der Waals surface area contributed by atoms with Gasteiger partial charge < -0.3 is 9.80 Å². The molecule has 3 heteroatoms. The number of rotatable bonds is 14. The van der Waals surface area contributed by atoms with E-state index in [1.807, 2.05) is 33.8 Å². The van der Waals surface area contributed by atoms with Crippen LogP contribution in [0.15, 0.2) is 201 Å². The molecule has 0 saturated heterocycles. The summed E-state index contributed by atoms with van der Waals surface area (Å²) >= 11 is 4.90. The first-order chi connectivity index (χ1) is 29.2. The quantitative estimate of drug-likeness (QED) is 0.0508. The third kappa shape index (κ3) is 10.7. The molecule has 0 spiro atoms. The molecule has 6 aromatic rings. The molecule has 0 heterocycles. The fourth-order valence-corrected chi connectivity index (χ4v) is 7.71. The van der Waals surface area contributed by atoms with Crippen molar-refractivity contribution in [2.75, 3.05) is 15.6 Å². The van der Waals surface area contributed by atoms with Crippen LogP contribution in [0.2, 0.25) is 0 Å². The zero-order valence-corrected chi connectivity index (χ0v) is 36.4. The second kappa shape index (κ2) is 23.4. The molecule has 1 unspecified atom stereocenters. The predicted octanol–water partition coefficient (Wildman–Crippen LogP) is 17.0. The highest BCUT2D eigenvalue weighted by Crippen LogP contribution is 2.51. The SMILES string of the molecule is C=CCC(/C=C\CC)/C=C/C=C(\CS)c1ccc2c(N(c3ccccc3)c3ccccc3)c3c(c(N(c4ccccc4)c4ccccc4)c2c1)C=CC=CC3.CC.CC. The van der Waals surface area contributed by atoms with Gasteiger partial charge in [-0.2, -0.15) is 12.6 Å². The summed E-state index contributed by atoms with van der Waals surface area (Å²) in [5.74, 6) is 0.911. The Bertz CT molecular complexity index is 2280. The van der Waals surface area contributed by atoms with Crippen molar-refractivity contribution in [3.05, 3.63) is 217 Å². The van der Waals surface area contributed by atoms with Gasteiger partial charge in [0.15, 0.2) is 0 Å². The van der Waals surface area contributed by atoms with Gasteiger partial charge in [0.2, 0.25) is 0 Å². The average Bonchev–Trinajstić information content (AvgIpc) is 3.57. The molecule has 0 bridgehead atoms. The van der Waals surface area contributed by atoms with E-state index in [2.05, 4.69) is 218 Å². The Kier molecular flexibility index (Phi) is 17.5. The maximum absolute atomic E-state index is 4.90. The van der Waals surface area contributed by atoms with Gasteiger partial charge in [0, 0.05) is 44.8 Å². The van der Waals surface area contributed by atoms with Gasteiger partial charge in [-0.05, 0) is 96.5 Å². The molecule has 6 aromatic carbocycles. The Hall–Kier alpha value is -6.03. The van der Waals surface area contributed by atoms with Crippen LogP contribution in [0.4, 0.5) is 34.1 Å². The van der Waals surface area contributed by atoms with Crippen LogP contribution in [0.5, 0.6) is 0 Å². The number of hydrogen-bond acceptors (Lipinski definition) is 3. The molecule has 0 radical (unpaired) electrons. The lowest BCUT2D eigenvalue weighted by atomic mass is 9.89. The summed E-state index contributed by atoms with van der Waals surface area (Å²) in [6.07, 6.45) is 24.8. The maximum atomic E-state index is 4.90. The van der Waals surface area contributed by atoms with Crippen molar-refractivity contribution in [2.45, 2.75) is 53.9 Å². The summed E-state index contributed by atoms with van der Waals surface area (Å²) in [6.45, 7) is 14.2. The first kappa shape index (κ1) is 44.1. The molecule has 2 nitrogen and oxygen atoms in total. The lowest BCUT2D eigenvalue weighted by Gasteiger charge is -2.34. The van der Waals surface area contributed by atoms with Crippen LogP contribution in [-0.4, -0.2) is 5.75 Å². The van der Waals surface area contributed by atoms with Crippen molar-refractivity contribution < 1.29 is 0 Å². The van der Waals surface area contributed by atoms with Gasteiger partial charge in [-0.25, -0.2) is 0 Å². The molecule has 59 heavy (non-hydrogen) atoms. The Morgan fingerprint density at radius 1 is 0.661 bits per heavy atom. The van der Waals surface area contributed by atoms with E-state index in [9.17, 15) is 0 Å². The molecule has 1 aliphatic rings. The second-order valence-electron chi connectivity index (χ2n) is 13.6. The number of para-hydroxylation sites is 4. The molecule has 0 N–H and O–H groups in total. The van der Waals surface area contributed by atoms with Crippen LogP contribution in [0.25, 0.3) is 22.4 Å². The predicted molar refractivity (Wildman–Crippen MR) is 267 cm³/mol. The van der Waals surface area contributed by atoms with Crippen molar-refractivity contribution in [1.29, 1.82) is 0 Å². The van der Waals surface area contributed by atoms with Crippen LogP contribution < -0.4 is 9.80 Å². The zero-order valence-electron chi connectivity index (χ0n) is 35.5. The minimum absolute atomic E-state index is 0.309. The number of anilines is 6. The highest BCUT2D eigenvalue weighted by Gasteiger charge is 2.28. The standard InChI is InChI=1S/C52H48N2S.2C2H6/c1-3-5-23-40(22-4-2)24-21-25-42(39-55)41-36-37-49-50(38-41)52(54(45-30-15-8-16-31-45)46-32-17-9-18-33-46)48-35-20-10-19-34-47(48)51(49)53(43-26-11-6-12-27-43)44-28-13-7-14-29-44;2*1-2/h4-21,23-33,35-38,40,55H,2-3,22,34,39H2,1H3;2*1-2H3/b23-5-,24-21+,42-25+;;. The first-order valence-corrected chi connectivity index (χ1v) is 21.9. The lowest BCUT2D eigenvalue weighted by molar-refractivity contribution is 0.828. The highest BCUT2D eigenvalue weighted by molar-refractivity contribution is 7.80. The van der Waals surface area contributed by atoms with Gasteiger partial charge in [0.05, 0.1) is 11.4 Å². The molecular formula is C56H60N2S. The Morgan fingerprint density at radius 3 is 1.68 bits per heavy atom. The average molecular weight is 793 g/mol. The summed E-state index contributed by atoms with van der Waals surface area (Å²) in [7, 11) is 0. The number of nitrogens with zero attached hydrogens (tertiary/aromatic N) is 2.